The maximum Gasteiger partial charge on any atom is 0.214 e. The number of hydrogen-bond acceptors (Lipinski definition) is 4. The summed E-state index contributed by atoms with van der Waals surface area (Å²) in [5.41, 5.74) is 3.09. The van der Waals surface area contributed by atoms with Gasteiger partial charge in [0.1, 0.15) is 5.82 Å². The fraction of sp³-hybridized carbons (Fsp3) is 0.158. The van der Waals surface area contributed by atoms with Crippen molar-refractivity contribution >= 4 is 21.4 Å². The minimum absolute atomic E-state index is 0.0567. The van der Waals surface area contributed by atoms with Gasteiger partial charge in [-0.2, -0.15) is 0 Å². The van der Waals surface area contributed by atoms with E-state index in [0.29, 0.717) is 0 Å². The first kappa shape index (κ1) is 15.8. The Morgan fingerprint density at radius 2 is 1.72 bits per heavy atom. The number of imidazole rings is 1. The van der Waals surface area contributed by atoms with E-state index in [1.807, 2.05) is 50.5 Å². The Morgan fingerprint density at radius 3 is 2.40 bits per heavy atom. The average Bonchev–Trinajstić information content (AvgIpc) is 3.15. The fourth-order valence-corrected chi connectivity index (χ4v) is 3.89. The SMILES string of the molecule is Cc1cn2nc(N(C)[C@H](c3ccccc3)c3ccc(F)cc3)sc2n1. The highest BCUT2D eigenvalue weighted by molar-refractivity contribution is 7.20. The van der Waals surface area contributed by atoms with Crippen LogP contribution in [0.2, 0.25) is 0 Å². The summed E-state index contributed by atoms with van der Waals surface area (Å²) in [5, 5.41) is 5.51. The summed E-state index contributed by atoms with van der Waals surface area (Å²) in [6.45, 7) is 1.95. The first-order chi connectivity index (χ1) is 12.1. The Kier molecular flexibility index (Phi) is 3.97. The molecule has 0 radical (unpaired) electrons. The molecule has 2 heterocycles. The fourth-order valence-electron chi connectivity index (χ4n) is 2.97. The zero-order chi connectivity index (χ0) is 17.4. The van der Waals surface area contributed by atoms with Gasteiger partial charge in [0.2, 0.25) is 10.1 Å². The molecule has 2 aromatic carbocycles. The van der Waals surface area contributed by atoms with Gasteiger partial charge in [0.15, 0.2) is 0 Å². The van der Waals surface area contributed by atoms with E-state index in [0.717, 1.165) is 26.9 Å². The number of aryl methyl sites for hydroxylation is 1. The second kappa shape index (κ2) is 6.29. The molecule has 6 heteroatoms. The monoisotopic (exact) mass is 352 g/mol. The van der Waals surface area contributed by atoms with Gasteiger partial charge in [-0.05, 0) is 30.2 Å². The van der Waals surface area contributed by atoms with Crippen LogP contribution in [0.15, 0.2) is 60.8 Å². The molecule has 0 bridgehead atoms. The van der Waals surface area contributed by atoms with Gasteiger partial charge in [0.05, 0.1) is 17.9 Å². The zero-order valence-electron chi connectivity index (χ0n) is 13.9. The lowest BCUT2D eigenvalue weighted by Crippen LogP contribution is -2.25. The summed E-state index contributed by atoms with van der Waals surface area (Å²) in [7, 11) is 2.01. The van der Waals surface area contributed by atoms with Crippen LogP contribution in [0.25, 0.3) is 4.96 Å². The van der Waals surface area contributed by atoms with Gasteiger partial charge in [-0.15, -0.1) is 5.10 Å². The van der Waals surface area contributed by atoms with E-state index in [1.165, 1.54) is 23.5 Å². The van der Waals surface area contributed by atoms with Gasteiger partial charge in [-0.1, -0.05) is 53.8 Å². The van der Waals surface area contributed by atoms with Gasteiger partial charge in [0.25, 0.3) is 0 Å². The molecule has 126 valence electrons. The average molecular weight is 352 g/mol. The Bertz CT molecular complexity index is 960. The van der Waals surface area contributed by atoms with Crippen molar-refractivity contribution in [3.05, 3.63) is 83.4 Å². The predicted octanol–water partition coefficient (Wildman–Crippen LogP) is 4.46. The molecule has 0 amide bonds. The second-order valence-corrected chi connectivity index (χ2v) is 6.90. The number of fused-ring (bicyclic) bond motifs is 1. The number of anilines is 1. The Balaban J connectivity index is 1.78. The Hall–Kier alpha value is -2.73. The molecule has 1 atom stereocenters. The molecular weight excluding hydrogens is 335 g/mol. The normalized spacial score (nSPS) is 12.4. The summed E-state index contributed by atoms with van der Waals surface area (Å²) in [6.07, 6.45) is 1.92. The molecule has 25 heavy (non-hydrogen) atoms. The maximum absolute atomic E-state index is 13.4. The predicted molar refractivity (Wildman–Crippen MR) is 98.7 cm³/mol. The third-order valence-corrected chi connectivity index (χ3v) is 5.16. The highest BCUT2D eigenvalue weighted by Gasteiger charge is 2.23. The summed E-state index contributed by atoms with van der Waals surface area (Å²) in [4.78, 5) is 7.45. The third kappa shape index (κ3) is 3.00. The standard InChI is InChI=1S/C19H17FN4S/c1-13-12-24-18(21-13)25-19(22-24)23(2)17(14-6-4-3-5-7-14)15-8-10-16(20)11-9-15/h3-12,17H,1-2H3/t17-/m1/s1. The summed E-state index contributed by atoms with van der Waals surface area (Å²) < 4.78 is 15.2. The highest BCUT2D eigenvalue weighted by Crippen LogP contribution is 2.34. The molecule has 4 nitrogen and oxygen atoms in total. The second-order valence-electron chi connectivity index (χ2n) is 5.97. The maximum atomic E-state index is 13.4. The minimum Gasteiger partial charge on any atom is -0.339 e. The lowest BCUT2D eigenvalue weighted by atomic mass is 9.98. The van der Waals surface area contributed by atoms with Crippen LogP contribution in [0.4, 0.5) is 9.52 Å². The number of halogens is 1. The summed E-state index contributed by atoms with van der Waals surface area (Å²) >= 11 is 1.54. The van der Waals surface area contributed by atoms with Crippen LogP contribution in [0.3, 0.4) is 0 Å². The number of benzene rings is 2. The Morgan fingerprint density at radius 1 is 1.04 bits per heavy atom. The molecule has 0 spiro atoms. The van der Waals surface area contributed by atoms with Gasteiger partial charge >= 0.3 is 0 Å². The van der Waals surface area contributed by atoms with E-state index in [2.05, 4.69) is 27.1 Å². The molecule has 0 fully saturated rings. The summed E-state index contributed by atoms with van der Waals surface area (Å²) in [6, 6.07) is 16.8. The van der Waals surface area contributed by atoms with Crippen LogP contribution < -0.4 is 4.90 Å². The van der Waals surface area contributed by atoms with Crippen molar-refractivity contribution in [2.24, 2.45) is 0 Å². The molecule has 0 N–H and O–H groups in total. The molecule has 0 unspecified atom stereocenters. The number of aromatic nitrogens is 3. The molecule has 4 rings (SSSR count). The first-order valence-electron chi connectivity index (χ1n) is 7.98. The van der Waals surface area contributed by atoms with E-state index < -0.39 is 0 Å². The largest absolute Gasteiger partial charge is 0.339 e. The topological polar surface area (TPSA) is 33.4 Å². The van der Waals surface area contributed by atoms with Crippen molar-refractivity contribution in [1.29, 1.82) is 0 Å². The van der Waals surface area contributed by atoms with E-state index in [1.54, 1.807) is 4.52 Å². The number of hydrogen-bond donors (Lipinski definition) is 0. The zero-order valence-corrected chi connectivity index (χ0v) is 14.7. The van der Waals surface area contributed by atoms with Crippen molar-refractivity contribution in [3.63, 3.8) is 0 Å². The van der Waals surface area contributed by atoms with Crippen LogP contribution in [-0.2, 0) is 0 Å². The van der Waals surface area contributed by atoms with Gasteiger partial charge in [0, 0.05) is 7.05 Å². The van der Waals surface area contributed by atoms with Crippen LogP contribution in [-0.4, -0.2) is 21.6 Å². The minimum atomic E-state index is -0.235. The van der Waals surface area contributed by atoms with Crippen LogP contribution in [0, 0.1) is 12.7 Å². The van der Waals surface area contributed by atoms with Gasteiger partial charge in [-0.25, -0.2) is 13.9 Å². The smallest absolute Gasteiger partial charge is 0.214 e. The Labute approximate surface area is 149 Å². The van der Waals surface area contributed by atoms with Crippen molar-refractivity contribution in [2.45, 2.75) is 13.0 Å². The van der Waals surface area contributed by atoms with Gasteiger partial charge < -0.3 is 4.90 Å². The third-order valence-electron chi connectivity index (χ3n) is 4.14. The molecule has 0 aliphatic rings. The quantitative estimate of drug-likeness (QED) is 0.543. The number of rotatable bonds is 4. The van der Waals surface area contributed by atoms with Crippen molar-refractivity contribution in [2.75, 3.05) is 11.9 Å². The first-order valence-corrected chi connectivity index (χ1v) is 8.79. The highest BCUT2D eigenvalue weighted by atomic mass is 32.1. The van der Waals surface area contributed by atoms with Crippen molar-refractivity contribution in [3.8, 4) is 0 Å². The van der Waals surface area contributed by atoms with E-state index >= 15 is 0 Å². The molecular formula is C19H17FN4S. The number of nitrogens with zero attached hydrogens (tertiary/aromatic N) is 4. The summed E-state index contributed by atoms with van der Waals surface area (Å²) in [5.74, 6) is -0.235. The lowest BCUT2D eigenvalue weighted by Gasteiger charge is -2.28. The van der Waals surface area contributed by atoms with Crippen molar-refractivity contribution in [1.82, 2.24) is 14.6 Å². The molecule has 0 saturated carbocycles. The molecule has 0 saturated heterocycles. The van der Waals surface area contributed by atoms with E-state index in [9.17, 15) is 4.39 Å². The van der Waals surface area contributed by atoms with Crippen LogP contribution in [0.5, 0.6) is 0 Å². The molecule has 0 aliphatic carbocycles. The lowest BCUT2D eigenvalue weighted by molar-refractivity contribution is 0.625. The van der Waals surface area contributed by atoms with E-state index in [-0.39, 0.29) is 11.9 Å². The van der Waals surface area contributed by atoms with Crippen LogP contribution >= 0.6 is 11.3 Å². The van der Waals surface area contributed by atoms with E-state index in [4.69, 9.17) is 0 Å². The van der Waals surface area contributed by atoms with Gasteiger partial charge in [-0.3, -0.25) is 0 Å². The van der Waals surface area contributed by atoms with Crippen LogP contribution in [0.1, 0.15) is 22.9 Å². The molecule has 0 aliphatic heterocycles. The molecule has 4 aromatic rings. The molecule has 2 aromatic heterocycles. The van der Waals surface area contributed by atoms with Crippen molar-refractivity contribution < 1.29 is 4.39 Å².